The minimum absolute atomic E-state index is 0.176. The van der Waals surface area contributed by atoms with E-state index in [9.17, 15) is 0 Å². The SMILES string of the molecule is Cc1ccc(-c2noc(CSCC(C)(C)N)n2)cc1. The van der Waals surface area contributed by atoms with E-state index in [2.05, 4.69) is 17.1 Å². The lowest BCUT2D eigenvalue weighted by molar-refractivity contribution is 0.391. The summed E-state index contributed by atoms with van der Waals surface area (Å²) in [5.41, 5.74) is 7.94. The van der Waals surface area contributed by atoms with Gasteiger partial charge in [0.25, 0.3) is 0 Å². The molecule has 5 heteroatoms. The van der Waals surface area contributed by atoms with E-state index >= 15 is 0 Å². The van der Waals surface area contributed by atoms with Crippen LogP contribution in [0.3, 0.4) is 0 Å². The molecule has 0 spiro atoms. The maximum absolute atomic E-state index is 5.92. The van der Waals surface area contributed by atoms with Crippen LogP contribution in [0.25, 0.3) is 11.4 Å². The molecule has 0 aliphatic heterocycles. The molecule has 0 radical (unpaired) electrons. The van der Waals surface area contributed by atoms with Gasteiger partial charge in [0.15, 0.2) is 0 Å². The van der Waals surface area contributed by atoms with Crippen LogP contribution < -0.4 is 5.73 Å². The van der Waals surface area contributed by atoms with Gasteiger partial charge in [0.2, 0.25) is 11.7 Å². The fourth-order valence-electron chi connectivity index (χ4n) is 1.53. The van der Waals surface area contributed by atoms with Gasteiger partial charge in [-0.1, -0.05) is 35.0 Å². The maximum Gasteiger partial charge on any atom is 0.236 e. The van der Waals surface area contributed by atoms with Crippen LogP contribution in [0.5, 0.6) is 0 Å². The van der Waals surface area contributed by atoms with Gasteiger partial charge < -0.3 is 10.3 Å². The second-order valence-electron chi connectivity index (χ2n) is 5.36. The molecule has 19 heavy (non-hydrogen) atoms. The zero-order valence-electron chi connectivity index (χ0n) is 11.5. The lowest BCUT2D eigenvalue weighted by Gasteiger charge is -2.16. The van der Waals surface area contributed by atoms with Gasteiger partial charge in [0.1, 0.15) is 0 Å². The van der Waals surface area contributed by atoms with Crippen molar-refractivity contribution in [2.24, 2.45) is 5.73 Å². The standard InChI is InChI=1S/C14H19N3OS/c1-10-4-6-11(7-5-10)13-16-12(18-17-13)8-19-9-14(2,3)15/h4-7H,8-9,15H2,1-3H3. The molecule has 0 unspecified atom stereocenters. The first-order valence-electron chi connectivity index (χ1n) is 6.20. The molecular weight excluding hydrogens is 258 g/mol. The first-order valence-corrected chi connectivity index (χ1v) is 7.36. The van der Waals surface area contributed by atoms with E-state index in [0.717, 1.165) is 11.3 Å². The van der Waals surface area contributed by atoms with Crippen molar-refractivity contribution in [2.75, 3.05) is 5.75 Å². The van der Waals surface area contributed by atoms with E-state index in [1.54, 1.807) is 11.8 Å². The van der Waals surface area contributed by atoms with Gasteiger partial charge in [-0.15, -0.1) is 0 Å². The second-order valence-corrected chi connectivity index (χ2v) is 6.34. The third-order valence-electron chi connectivity index (χ3n) is 2.48. The molecule has 0 fully saturated rings. The van der Waals surface area contributed by atoms with E-state index < -0.39 is 0 Å². The Morgan fingerprint density at radius 1 is 1.26 bits per heavy atom. The highest BCUT2D eigenvalue weighted by Crippen LogP contribution is 2.19. The lowest BCUT2D eigenvalue weighted by atomic mass is 10.1. The molecule has 0 atom stereocenters. The Bertz CT molecular complexity index is 528. The molecule has 0 aliphatic carbocycles. The number of nitrogens with zero attached hydrogens (tertiary/aromatic N) is 2. The van der Waals surface area contributed by atoms with Crippen molar-refractivity contribution in [3.63, 3.8) is 0 Å². The molecule has 2 aromatic rings. The Morgan fingerprint density at radius 3 is 2.58 bits per heavy atom. The van der Waals surface area contributed by atoms with E-state index in [0.29, 0.717) is 17.5 Å². The summed E-state index contributed by atoms with van der Waals surface area (Å²) in [7, 11) is 0. The molecule has 1 aromatic heterocycles. The predicted molar refractivity (Wildman–Crippen MR) is 78.9 cm³/mol. The van der Waals surface area contributed by atoms with Crippen molar-refractivity contribution in [1.29, 1.82) is 0 Å². The number of rotatable bonds is 5. The molecule has 0 aliphatic rings. The fourth-order valence-corrected chi connectivity index (χ4v) is 2.45. The normalized spacial score (nSPS) is 11.8. The van der Waals surface area contributed by atoms with Crippen molar-refractivity contribution in [3.8, 4) is 11.4 Å². The molecule has 1 heterocycles. The number of hydrogen-bond donors (Lipinski definition) is 1. The summed E-state index contributed by atoms with van der Waals surface area (Å²) >= 11 is 1.70. The van der Waals surface area contributed by atoms with Gasteiger partial charge in [-0.3, -0.25) is 0 Å². The molecule has 102 valence electrons. The first kappa shape index (κ1) is 14.1. The van der Waals surface area contributed by atoms with Crippen LogP contribution in [0, 0.1) is 6.92 Å². The summed E-state index contributed by atoms with van der Waals surface area (Å²) in [6.45, 7) is 6.06. The van der Waals surface area contributed by atoms with Crippen LogP contribution in [0.4, 0.5) is 0 Å². The van der Waals surface area contributed by atoms with Gasteiger partial charge in [-0.05, 0) is 20.8 Å². The number of thioether (sulfide) groups is 1. The minimum Gasteiger partial charge on any atom is -0.338 e. The largest absolute Gasteiger partial charge is 0.338 e. The Morgan fingerprint density at radius 2 is 1.95 bits per heavy atom. The third-order valence-corrected chi connectivity index (χ3v) is 3.88. The van der Waals surface area contributed by atoms with Crippen molar-refractivity contribution in [3.05, 3.63) is 35.7 Å². The maximum atomic E-state index is 5.92. The number of hydrogen-bond acceptors (Lipinski definition) is 5. The minimum atomic E-state index is -0.176. The summed E-state index contributed by atoms with van der Waals surface area (Å²) < 4.78 is 5.24. The topological polar surface area (TPSA) is 64.9 Å². The van der Waals surface area contributed by atoms with Crippen molar-refractivity contribution in [2.45, 2.75) is 32.1 Å². The molecule has 0 amide bonds. The average molecular weight is 277 g/mol. The highest BCUT2D eigenvalue weighted by molar-refractivity contribution is 7.98. The molecule has 0 bridgehead atoms. The van der Waals surface area contributed by atoms with Crippen LogP contribution in [0.1, 0.15) is 25.3 Å². The fraction of sp³-hybridized carbons (Fsp3) is 0.429. The Kier molecular flexibility index (Phi) is 4.27. The van der Waals surface area contributed by atoms with Crippen LogP contribution >= 0.6 is 11.8 Å². The molecule has 2 N–H and O–H groups in total. The van der Waals surface area contributed by atoms with Gasteiger partial charge in [0.05, 0.1) is 5.75 Å². The highest BCUT2D eigenvalue weighted by atomic mass is 32.2. The van der Waals surface area contributed by atoms with E-state index in [-0.39, 0.29) is 5.54 Å². The molecule has 4 nitrogen and oxygen atoms in total. The van der Waals surface area contributed by atoms with Crippen LogP contribution in [0.15, 0.2) is 28.8 Å². The number of aryl methyl sites for hydroxylation is 1. The monoisotopic (exact) mass is 277 g/mol. The van der Waals surface area contributed by atoms with E-state index in [4.69, 9.17) is 10.3 Å². The van der Waals surface area contributed by atoms with Crippen molar-refractivity contribution < 1.29 is 4.52 Å². The highest BCUT2D eigenvalue weighted by Gasteiger charge is 2.13. The summed E-state index contributed by atoms with van der Waals surface area (Å²) in [5, 5.41) is 4.00. The van der Waals surface area contributed by atoms with Gasteiger partial charge in [-0.2, -0.15) is 16.7 Å². The Hall–Kier alpha value is -1.33. The van der Waals surface area contributed by atoms with Crippen LogP contribution in [-0.4, -0.2) is 21.4 Å². The third kappa shape index (κ3) is 4.36. The smallest absolute Gasteiger partial charge is 0.236 e. The van der Waals surface area contributed by atoms with E-state index in [1.807, 2.05) is 38.1 Å². The van der Waals surface area contributed by atoms with Crippen LogP contribution in [-0.2, 0) is 5.75 Å². The summed E-state index contributed by atoms with van der Waals surface area (Å²) in [6.07, 6.45) is 0. The van der Waals surface area contributed by atoms with Gasteiger partial charge in [0, 0.05) is 16.9 Å². The molecule has 0 saturated heterocycles. The predicted octanol–water partition coefficient (Wildman–Crippen LogP) is 3.02. The van der Waals surface area contributed by atoms with Gasteiger partial charge >= 0.3 is 0 Å². The summed E-state index contributed by atoms with van der Waals surface area (Å²) in [4.78, 5) is 4.39. The number of nitrogens with two attached hydrogens (primary N) is 1. The number of aromatic nitrogens is 2. The van der Waals surface area contributed by atoms with Crippen molar-refractivity contribution in [1.82, 2.24) is 10.1 Å². The summed E-state index contributed by atoms with van der Waals surface area (Å²) in [5.74, 6) is 2.83. The zero-order valence-corrected chi connectivity index (χ0v) is 12.3. The second kappa shape index (κ2) is 5.75. The molecular formula is C14H19N3OS. The zero-order chi connectivity index (χ0) is 13.9. The van der Waals surface area contributed by atoms with E-state index in [1.165, 1.54) is 5.56 Å². The molecule has 1 aromatic carbocycles. The Labute approximate surface area is 117 Å². The molecule has 0 saturated carbocycles. The summed E-state index contributed by atoms with van der Waals surface area (Å²) in [6, 6.07) is 8.08. The Balaban J connectivity index is 1.97. The van der Waals surface area contributed by atoms with Crippen LogP contribution in [0.2, 0.25) is 0 Å². The lowest BCUT2D eigenvalue weighted by Crippen LogP contribution is -2.34. The quantitative estimate of drug-likeness (QED) is 0.910. The first-order chi connectivity index (χ1) is 8.94. The van der Waals surface area contributed by atoms with Gasteiger partial charge in [-0.25, -0.2) is 0 Å². The van der Waals surface area contributed by atoms with Crippen molar-refractivity contribution >= 4 is 11.8 Å². The molecule has 2 rings (SSSR count). The average Bonchev–Trinajstić information content (AvgIpc) is 2.77. The number of benzene rings is 1.